The van der Waals surface area contributed by atoms with Crippen LogP contribution in [-0.2, 0) is 4.79 Å². The number of anilines is 1. The zero-order valence-corrected chi connectivity index (χ0v) is 9.10. The first-order chi connectivity index (χ1) is 6.58. The smallest absolute Gasteiger partial charge is 0.226 e. The van der Waals surface area contributed by atoms with Crippen LogP contribution < -0.4 is 5.32 Å². The van der Waals surface area contributed by atoms with Gasteiger partial charge >= 0.3 is 0 Å². The highest BCUT2D eigenvalue weighted by Crippen LogP contribution is 2.16. The Kier molecular flexibility index (Phi) is 4.03. The first-order valence-corrected chi connectivity index (χ1v) is 5.30. The van der Waals surface area contributed by atoms with E-state index in [1.165, 1.54) is 11.3 Å². The number of amides is 1. The summed E-state index contributed by atoms with van der Waals surface area (Å²) >= 11 is 1.44. The second kappa shape index (κ2) is 5.07. The van der Waals surface area contributed by atoms with Crippen molar-refractivity contribution in [1.82, 2.24) is 4.98 Å². The number of aliphatic hydroxyl groups excluding tert-OH is 1. The van der Waals surface area contributed by atoms with Crippen LogP contribution in [0.2, 0.25) is 0 Å². The molecule has 0 saturated carbocycles. The van der Waals surface area contributed by atoms with Gasteiger partial charge in [0.2, 0.25) is 5.91 Å². The van der Waals surface area contributed by atoms with Gasteiger partial charge in [0.25, 0.3) is 0 Å². The summed E-state index contributed by atoms with van der Waals surface area (Å²) in [6.07, 6.45) is 2.10. The Labute approximate surface area is 87.0 Å². The number of aliphatic hydroxyl groups is 1. The van der Waals surface area contributed by atoms with Gasteiger partial charge in [-0.05, 0) is 20.3 Å². The Bertz CT molecular complexity index is 310. The van der Waals surface area contributed by atoms with Crippen LogP contribution in [0.3, 0.4) is 0 Å². The molecule has 1 aromatic rings. The van der Waals surface area contributed by atoms with E-state index in [0.717, 1.165) is 4.88 Å². The van der Waals surface area contributed by atoms with Gasteiger partial charge in [-0.15, -0.1) is 11.3 Å². The Morgan fingerprint density at radius 3 is 3.00 bits per heavy atom. The third kappa shape index (κ3) is 3.85. The monoisotopic (exact) mass is 214 g/mol. The number of nitrogens with zero attached hydrogens (tertiary/aromatic N) is 1. The van der Waals surface area contributed by atoms with Crippen molar-refractivity contribution in [1.29, 1.82) is 0 Å². The maximum absolute atomic E-state index is 11.3. The Hall–Kier alpha value is -0.940. The van der Waals surface area contributed by atoms with Gasteiger partial charge in [0.1, 0.15) is 0 Å². The molecule has 0 aliphatic rings. The van der Waals surface area contributed by atoms with E-state index in [-0.39, 0.29) is 5.91 Å². The third-order valence-corrected chi connectivity index (χ3v) is 2.49. The van der Waals surface area contributed by atoms with Crippen molar-refractivity contribution in [2.75, 3.05) is 5.32 Å². The molecule has 1 amide bonds. The summed E-state index contributed by atoms with van der Waals surface area (Å²) in [6.45, 7) is 3.60. The number of rotatable bonds is 4. The van der Waals surface area contributed by atoms with Gasteiger partial charge in [0.05, 0.1) is 6.10 Å². The molecule has 0 spiro atoms. The number of carbonyl (C=O) groups excluding carboxylic acids is 1. The van der Waals surface area contributed by atoms with E-state index in [4.69, 9.17) is 5.11 Å². The number of aryl methyl sites for hydroxylation is 1. The molecule has 1 unspecified atom stereocenters. The van der Waals surface area contributed by atoms with E-state index in [2.05, 4.69) is 10.3 Å². The van der Waals surface area contributed by atoms with Crippen molar-refractivity contribution in [2.24, 2.45) is 0 Å². The zero-order chi connectivity index (χ0) is 10.6. The minimum absolute atomic E-state index is 0.0970. The predicted molar refractivity (Wildman–Crippen MR) is 56.4 cm³/mol. The lowest BCUT2D eigenvalue weighted by atomic mass is 10.2. The molecule has 1 rings (SSSR count). The van der Waals surface area contributed by atoms with Gasteiger partial charge in [0.15, 0.2) is 5.13 Å². The molecule has 78 valence electrons. The second-order valence-corrected chi connectivity index (χ2v) is 4.45. The van der Waals surface area contributed by atoms with Crippen molar-refractivity contribution in [3.8, 4) is 0 Å². The lowest BCUT2D eigenvalue weighted by Crippen LogP contribution is -2.13. The summed E-state index contributed by atoms with van der Waals surface area (Å²) in [5.74, 6) is -0.0970. The van der Waals surface area contributed by atoms with Crippen molar-refractivity contribution in [3.63, 3.8) is 0 Å². The molecule has 0 bridgehead atoms. The van der Waals surface area contributed by atoms with E-state index < -0.39 is 6.10 Å². The highest BCUT2D eigenvalue weighted by Gasteiger charge is 2.06. The molecular weight excluding hydrogens is 200 g/mol. The molecule has 4 nitrogen and oxygen atoms in total. The van der Waals surface area contributed by atoms with Gasteiger partial charge in [-0.3, -0.25) is 4.79 Å². The van der Waals surface area contributed by atoms with Crippen LogP contribution in [-0.4, -0.2) is 22.1 Å². The molecule has 2 N–H and O–H groups in total. The number of thiazole rings is 1. The van der Waals surface area contributed by atoms with Gasteiger partial charge < -0.3 is 10.4 Å². The maximum Gasteiger partial charge on any atom is 0.226 e. The first-order valence-electron chi connectivity index (χ1n) is 4.48. The van der Waals surface area contributed by atoms with Crippen molar-refractivity contribution >= 4 is 22.4 Å². The fourth-order valence-electron chi connectivity index (χ4n) is 0.934. The van der Waals surface area contributed by atoms with Crippen LogP contribution in [0.25, 0.3) is 0 Å². The van der Waals surface area contributed by atoms with Crippen molar-refractivity contribution < 1.29 is 9.90 Å². The lowest BCUT2D eigenvalue weighted by Gasteiger charge is -2.03. The average Bonchev–Trinajstić information content (AvgIpc) is 2.48. The van der Waals surface area contributed by atoms with E-state index in [1.807, 2.05) is 6.92 Å². The number of hydrogen-bond donors (Lipinski definition) is 2. The normalized spacial score (nSPS) is 12.5. The quantitative estimate of drug-likeness (QED) is 0.799. The fraction of sp³-hybridized carbons (Fsp3) is 0.556. The molecule has 1 aromatic heterocycles. The largest absolute Gasteiger partial charge is 0.393 e. The topological polar surface area (TPSA) is 62.2 Å². The van der Waals surface area contributed by atoms with Gasteiger partial charge in [0, 0.05) is 17.5 Å². The van der Waals surface area contributed by atoms with E-state index in [9.17, 15) is 4.79 Å². The standard InChI is InChI=1S/C9H14N2O2S/c1-6(12)3-4-8(13)11-9-10-5-7(2)14-9/h5-6,12H,3-4H2,1-2H3,(H,10,11,13). The molecule has 1 heterocycles. The van der Waals surface area contributed by atoms with Crippen LogP contribution >= 0.6 is 11.3 Å². The molecule has 5 heteroatoms. The maximum atomic E-state index is 11.3. The summed E-state index contributed by atoms with van der Waals surface area (Å²) in [6, 6.07) is 0. The summed E-state index contributed by atoms with van der Waals surface area (Å²) < 4.78 is 0. The van der Waals surface area contributed by atoms with Crippen LogP contribution in [0.15, 0.2) is 6.20 Å². The number of carbonyl (C=O) groups is 1. The van der Waals surface area contributed by atoms with Crippen LogP contribution in [0.1, 0.15) is 24.6 Å². The Balaban J connectivity index is 2.34. The molecular formula is C9H14N2O2S. The molecule has 0 saturated heterocycles. The van der Waals surface area contributed by atoms with E-state index in [1.54, 1.807) is 13.1 Å². The zero-order valence-electron chi connectivity index (χ0n) is 8.28. The second-order valence-electron chi connectivity index (χ2n) is 3.21. The number of aromatic nitrogens is 1. The van der Waals surface area contributed by atoms with Gasteiger partial charge in [-0.25, -0.2) is 4.98 Å². The highest BCUT2D eigenvalue weighted by atomic mass is 32.1. The summed E-state index contributed by atoms with van der Waals surface area (Å²) in [5.41, 5.74) is 0. The fourth-order valence-corrected chi connectivity index (χ4v) is 1.61. The average molecular weight is 214 g/mol. The first kappa shape index (κ1) is 11.1. The Morgan fingerprint density at radius 2 is 2.50 bits per heavy atom. The number of nitrogens with one attached hydrogen (secondary N) is 1. The minimum atomic E-state index is -0.432. The van der Waals surface area contributed by atoms with Crippen LogP contribution in [0.5, 0.6) is 0 Å². The van der Waals surface area contributed by atoms with Crippen molar-refractivity contribution in [2.45, 2.75) is 32.8 Å². The Morgan fingerprint density at radius 1 is 1.79 bits per heavy atom. The third-order valence-electron chi connectivity index (χ3n) is 1.66. The van der Waals surface area contributed by atoms with Crippen LogP contribution in [0.4, 0.5) is 5.13 Å². The summed E-state index contributed by atoms with van der Waals surface area (Å²) in [5, 5.41) is 12.3. The molecule has 1 atom stereocenters. The predicted octanol–water partition coefficient (Wildman–Crippen LogP) is 1.55. The number of hydrogen-bond acceptors (Lipinski definition) is 4. The lowest BCUT2D eigenvalue weighted by molar-refractivity contribution is -0.116. The van der Waals surface area contributed by atoms with E-state index in [0.29, 0.717) is 18.0 Å². The summed E-state index contributed by atoms with van der Waals surface area (Å²) in [4.78, 5) is 16.3. The van der Waals surface area contributed by atoms with Crippen LogP contribution in [0, 0.1) is 6.92 Å². The SMILES string of the molecule is Cc1cnc(NC(=O)CCC(C)O)s1. The summed E-state index contributed by atoms with van der Waals surface area (Å²) in [7, 11) is 0. The molecule has 0 radical (unpaired) electrons. The molecule has 0 aliphatic carbocycles. The minimum Gasteiger partial charge on any atom is -0.393 e. The van der Waals surface area contributed by atoms with Crippen molar-refractivity contribution in [3.05, 3.63) is 11.1 Å². The molecule has 0 aliphatic heterocycles. The van der Waals surface area contributed by atoms with Gasteiger partial charge in [-0.1, -0.05) is 0 Å². The van der Waals surface area contributed by atoms with E-state index >= 15 is 0 Å². The van der Waals surface area contributed by atoms with Gasteiger partial charge in [-0.2, -0.15) is 0 Å². The molecule has 0 aromatic carbocycles. The highest BCUT2D eigenvalue weighted by molar-refractivity contribution is 7.15. The molecule has 0 fully saturated rings. The molecule has 14 heavy (non-hydrogen) atoms.